The van der Waals surface area contributed by atoms with E-state index in [-0.39, 0.29) is 0 Å². The van der Waals surface area contributed by atoms with Gasteiger partial charge in [0.2, 0.25) is 0 Å². The lowest BCUT2D eigenvalue weighted by Gasteiger charge is -2.10. The maximum Gasteiger partial charge on any atom is 0.133 e. The van der Waals surface area contributed by atoms with Crippen molar-refractivity contribution in [3.63, 3.8) is 0 Å². The van der Waals surface area contributed by atoms with Crippen LogP contribution in [0.5, 0.6) is 0 Å². The summed E-state index contributed by atoms with van der Waals surface area (Å²) in [6, 6.07) is 5.87. The Labute approximate surface area is 111 Å². The van der Waals surface area contributed by atoms with Gasteiger partial charge in [-0.05, 0) is 30.8 Å². The van der Waals surface area contributed by atoms with Crippen molar-refractivity contribution in [3.8, 4) is 0 Å². The third-order valence-corrected chi connectivity index (χ3v) is 3.58. The summed E-state index contributed by atoms with van der Waals surface area (Å²) in [5, 5.41) is 5.02. The van der Waals surface area contributed by atoms with Gasteiger partial charge in [-0.3, -0.25) is 0 Å². The van der Waals surface area contributed by atoms with Crippen LogP contribution in [0.1, 0.15) is 18.3 Å². The van der Waals surface area contributed by atoms with E-state index in [1.807, 2.05) is 32.2 Å². The number of aryl methyl sites for hydroxylation is 1. The van der Waals surface area contributed by atoms with E-state index in [0.717, 1.165) is 33.7 Å². The largest absolute Gasteiger partial charge is 0.373 e. The molecule has 0 bridgehead atoms. The van der Waals surface area contributed by atoms with Gasteiger partial charge in [0.1, 0.15) is 21.7 Å². The maximum absolute atomic E-state index is 4.57. The fourth-order valence-corrected chi connectivity index (χ4v) is 2.41. The monoisotopic (exact) mass is 260 g/mol. The zero-order valence-corrected chi connectivity index (χ0v) is 11.6. The van der Waals surface area contributed by atoms with Gasteiger partial charge in [-0.2, -0.15) is 0 Å². The zero-order valence-electron chi connectivity index (χ0n) is 10.8. The topological polar surface area (TPSA) is 50.7 Å². The molecule has 2 heterocycles. The van der Waals surface area contributed by atoms with Gasteiger partial charge >= 0.3 is 0 Å². The first-order valence-electron chi connectivity index (χ1n) is 5.88. The predicted octanol–water partition coefficient (Wildman–Crippen LogP) is 2.94. The van der Waals surface area contributed by atoms with Crippen LogP contribution in [0.4, 0.5) is 5.82 Å². The highest BCUT2D eigenvalue weighted by atomic mass is 32.2. The summed E-state index contributed by atoms with van der Waals surface area (Å²) in [7, 11) is 1.88. The Morgan fingerprint density at radius 3 is 2.72 bits per heavy atom. The molecule has 5 heteroatoms. The van der Waals surface area contributed by atoms with Crippen LogP contribution in [-0.2, 0) is 6.42 Å². The van der Waals surface area contributed by atoms with Crippen LogP contribution >= 0.6 is 11.8 Å². The number of anilines is 1. The fraction of sp³-hybridized carbons (Fsp3) is 0.308. The molecule has 0 aromatic carbocycles. The third kappa shape index (κ3) is 2.79. The molecule has 2 aromatic heterocycles. The van der Waals surface area contributed by atoms with E-state index in [9.17, 15) is 0 Å². The second-order valence-corrected chi connectivity index (χ2v) is 4.80. The molecule has 0 radical (unpaired) electrons. The Morgan fingerprint density at radius 2 is 2.11 bits per heavy atom. The molecule has 2 aromatic rings. The van der Waals surface area contributed by atoms with Crippen molar-refractivity contribution in [2.75, 3.05) is 12.4 Å². The molecule has 4 nitrogen and oxygen atoms in total. The predicted molar refractivity (Wildman–Crippen MR) is 74.1 cm³/mol. The smallest absolute Gasteiger partial charge is 0.133 e. The number of rotatable bonds is 4. The maximum atomic E-state index is 4.57. The Hall–Kier alpha value is -1.62. The highest BCUT2D eigenvalue weighted by Crippen LogP contribution is 2.29. The standard InChI is InChI=1S/C13H16N4S/c1-4-10-16-12(14-3)9(2)13(17-10)18-11-7-5-6-8-15-11/h5-8H,4H2,1-3H3,(H,14,16,17). The molecule has 0 aliphatic carbocycles. The van der Waals surface area contributed by atoms with E-state index >= 15 is 0 Å². The molecule has 94 valence electrons. The van der Waals surface area contributed by atoms with Gasteiger partial charge < -0.3 is 5.32 Å². The van der Waals surface area contributed by atoms with Gasteiger partial charge in [-0.1, -0.05) is 13.0 Å². The molecular formula is C13H16N4S. The Balaban J connectivity index is 2.37. The lowest BCUT2D eigenvalue weighted by molar-refractivity contribution is 0.873. The number of nitrogens with one attached hydrogen (secondary N) is 1. The molecule has 2 rings (SSSR count). The summed E-state index contributed by atoms with van der Waals surface area (Å²) in [4.78, 5) is 13.3. The van der Waals surface area contributed by atoms with Crippen molar-refractivity contribution in [1.82, 2.24) is 15.0 Å². The molecule has 0 aliphatic rings. The van der Waals surface area contributed by atoms with Crippen LogP contribution in [0.3, 0.4) is 0 Å². The van der Waals surface area contributed by atoms with Crippen LogP contribution in [0.15, 0.2) is 34.4 Å². The minimum atomic E-state index is 0.824. The van der Waals surface area contributed by atoms with Crippen molar-refractivity contribution in [2.24, 2.45) is 0 Å². The highest BCUT2D eigenvalue weighted by Gasteiger charge is 2.10. The van der Waals surface area contributed by atoms with E-state index in [4.69, 9.17) is 0 Å². The summed E-state index contributed by atoms with van der Waals surface area (Å²) < 4.78 is 0. The first kappa shape index (κ1) is 12.8. The van der Waals surface area contributed by atoms with E-state index < -0.39 is 0 Å². The van der Waals surface area contributed by atoms with Gasteiger partial charge in [-0.25, -0.2) is 15.0 Å². The van der Waals surface area contributed by atoms with Crippen molar-refractivity contribution >= 4 is 17.6 Å². The fourth-order valence-electron chi connectivity index (χ4n) is 1.55. The summed E-state index contributed by atoms with van der Waals surface area (Å²) in [6.45, 7) is 4.08. The first-order valence-corrected chi connectivity index (χ1v) is 6.70. The number of hydrogen-bond acceptors (Lipinski definition) is 5. The Kier molecular flexibility index (Phi) is 4.15. The molecule has 0 amide bonds. The molecule has 0 spiro atoms. The average Bonchev–Trinajstić information content (AvgIpc) is 2.42. The quantitative estimate of drug-likeness (QED) is 0.857. The second kappa shape index (κ2) is 5.82. The SMILES string of the molecule is CCc1nc(NC)c(C)c(Sc2ccccn2)n1. The second-order valence-electron chi connectivity index (χ2n) is 3.79. The highest BCUT2D eigenvalue weighted by molar-refractivity contribution is 7.99. The molecule has 0 fully saturated rings. The van der Waals surface area contributed by atoms with Crippen LogP contribution in [0, 0.1) is 6.92 Å². The van der Waals surface area contributed by atoms with E-state index in [0.29, 0.717) is 0 Å². The molecule has 0 unspecified atom stereocenters. The van der Waals surface area contributed by atoms with Gasteiger partial charge in [0.05, 0.1) is 0 Å². The summed E-state index contributed by atoms with van der Waals surface area (Å²) in [6.07, 6.45) is 2.61. The lowest BCUT2D eigenvalue weighted by atomic mass is 10.3. The summed E-state index contributed by atoms with van der Waals surface area (Å²) in [5.41, 5.74) is 1.06. The van der Waals surface area contributed by atoms with Gasteiger partial charge in [0, 0.05) is 25.2 Å². The number of pyridine rings is 1. The Bertz CT molecular complexity index is 528. The van der Waals surface area contributed by atoms with Gasteiger partial charge in [-0.15, -0.1) is 0 Å². The van der Waals surface area contributed by atoms with Gasteiger partial charge in [0.25, 0.3) is 0 Å². The van der Waals surface area contributed by atoms with Crippen LogP contribution < -0.4 is 5.32 Å². The van der Waals surface area contributed by atoms with E-state index in [1.54, 1.807) is 18.0 Å². The summed E-state index contributed by atoms with van der Waals surface area (Å²) >= 11 is 1.57. The summed E-state index contributed by atoms with van der Waals surface area (Å²) in [5.74, 6) is 1.74. The minimum Gasteiger partial charge on any atom is -0.373 e. The van der Waals surface area contributed by atoms with Crippen molar-refractivity contribution in [2.45, 2.75) is 30.3 Å². The molecule has 0 saturated heterocycles. The Morgan fingerprint density at radius 1 is 1.28 bits per heavy atom. The van der Waals surface area contributed by atoms with Crippen molar-refractivity contribution in [1.29, 1.82) is 0 Å². The molecule has 18 heavy (non-hydrogen) atoms. The normalized spacial score (nSPS) is 10.4. The van der Waals surface area contributed by atoms with E-state index in [1.165, 1.54) is 0 Å². The van der Waals surface area contributed by atoms with Crippen molar-refractivity contribution < 1.29 is 0 Å². The average molecular weight is 260 g/mol. The van der Waals surface area contributed by atoms with Crippen LogP contribution in [-0.4, -0.2) is 22.0 Å². The molecule has 0 aliphatic heterocycles. The molecule has 0 atom stereocenters. The van der Waals surface area contributed by atoms with Crippen LogP contribution in [0.2, 0.25) is 0 Å². The first-order chi connectivity index (χ1) is 8.74. The minimum absolute atomic E-state index is 0.824. The number of nitrogens with zero attached hydrogens (tertiary/aromatic N) is 3. The molecule has 0 saturated carbocycles. The van der Waals surface area contributed by atoms with Crippen LogP contribution in [0.25, 0.3) is 0 Å². The third-order valence-electron chi connectivity index (χ3n) is 2.54. The number of hydrogen-bond donors (Lipinski definition) is 1. The van der Waals surface area contributed by atoms with E-state index in [2.05, 4.69) is 27.2 Å². The van der Waals surface area contributed by atoms with Gasteiger partial charge in [0.15, 0.2) is 0 Å². The zero-order chi connectivity index (χ0) is 13.0. The lowest BCUT2D eigenvalue weighted by Crippen LogP contribution is -2.04. The van der Waals surface area contributed by atoms with Crippen molar-refractivity contribution in [3.05, 3.63) is 35.8 Å². The number of aromatic nitrogens is 3. The molecular weight excluding hydrogens is 244 g/mol. The molecule has 1 N–H and O–H groups in total.